The number of nitrogens with one attached hydrogen (secondary N) is 1. The van der Waals surface area contributed by atoms with Crippen LogP contribution >= 0.6 is 0 Å². The molecule has 112 valence electrons. The van der Waals surface area contributed by atoms with E-state index in [1.165, 1.54) is 48.9 Å². The molecule has 0 saturated heterocycles. The minimum Gasteiger partial charge on any atom is -0.395 e. The Kier molecular flexibility index (Phi) is 5.86. The molecule has 2 rings (SSSR count). The van der Waals surface area contributed by atoms with E-state index >= 15 is 0 Å². The van der Waals surface area contributed by atoms with Crippen molar-refractivity contribution in [2.24, 2.45) is 0 Å². The fraction of sp³-hybridized carbons (Fsp3) is 0.647. The third-order valence-corrected chi connectivity index (χ3v) is 4.27. The highest BCUT2D eigenvalue weighted by Gasteiger charge is 2.22. The quantitative estimate of drug-likeness (QED) is 0.838. The van der Waals surface area contributed by atoms with Crippen LogP contribution in [0.1, 0.15) is 43.2 Å². The summed E-state index contributed by atoms with van der Waals surface area (Å²) in [6.45, 7) is 3.99. The number of aliphatic hydroxyl groups is 1. The number of nitrogens with zero attached hydrogens (tertiary/aromatic N) is 1. The van der Waals surface area contributed by atoms with Gasteiger partial charge >= 0.3 is 0 Å². The number of rotatable bonds is 6. The second-order valence-electron chi connectivity index (χ2n) is 5.87. The zero-order valence-corrected chi connectivity index (χ0v) is 12.9. The summed E-state index contributed by atoms with van der Waals surface area (Å²) in [5.41, 5.74) is 3.93. The van der Waals surface area contributed by atoms with Gasteiger partial charge in [0.25, 0.3) is 0 Å². The molecule has 0 atom stereocenters. The molecule has 1 saturated carbocycles. The van der Waals surface area contributed by atoms with Crippen molar-refractivity contribution < 1.29 is 5.11 Å². The molecule has 0 heterocycles. The van der Waals surface area contributed by atoms with Gasteiger partial charge < -0.3 is 15.3 Å². The minimum atomic E-state index is 0.226. The summed E-state index contributed by atoms with van der Waals surface area (Å²) in [5, 5.41) is 12.7. The summed E-state index contributed by atoms with van der Waals surface area (Å²) >= 11 is 0. The second kappa shape index (κ2) is 7.65. The lowest BCUT2D eigenvalue weighted by molar-refractivity contribution is 0.290. The number of hydrogen-bond acceptors (Lipinski definition) is 3. The van der Waals surface area contributed by atoms with Crippen LogP contribution in [0.25, 0.3) is 0 Å². The lowest BCUT2D eigenvalue weighted by atomic mass is 9.93. The van der Waals surface area contributed by atoms with Crippen LogP contribution in [0.2, 0.25) is 0 Å². The van der Waals surface area contributed by atoms with Gasteiger partial charge in [-0.05, 0) is 38.4 Å². The summed E-state index contributed by atoms with van der Waals surface area (Å²) in [7, 11) is 1.99. The molecular weight excluding hydrogens is 248 g/mol. The van der Waals surface area contributed by atoms with Gasteiger partial charge in [-0.25, -0.2) is 0 Å². The molecule has 0 spiro atoms. The molecule has 3 heteroatoms. The van der Waals surface area contributed by atoms with Gasteiger partial charge in [-0.1, -0.05) is 37.0 Å². The molecule has 0 amide bonds. The van der Waals surface area contributed by atoms with E-state index in [9.17, 15) is 5.11 Å². The molecule has 1 fully saturated rings. The van der Waals surface area contributed by atoms with E-state index in [1.807, 2.05) is 7.05 Å². The maximum absolute atomic E-state index is 9.45. The Bertz CT molecular complexity index is 413. The predicted octanol–water partition coefficient (Wildman–Crippen LogP) is 2.85. The Morgan fingerprint density at radius 3 is 2.65 bits per heavy atom. The van der Waals surface area contributed by atoms with Gasteiger partial charge in [0.15, 0.2) is 0 Å². The van der Waals surface area contributed by atoms with Crippen molar-refractivity contribution in [1.82, 2.24) is 5.32 Å². The number of aliphatic hydroxyl groups excluding tert-OH is 1. The van der Waals surface area contributed by atoms with E-state index in [1.54, 1.807) is 0 Å². The zero-order valence-electron chi connectivity index (χ0n) is 12.9. The van der Waals surface area contributed by atoms with Gasteiger partial charge in [0.05, 0.1) is 6.61 Å². The summed E-state index contributed by atoms with van der Waals surface area (Å²) in [6.07, 6.45) is 6.51. The van der Waals surface area contributed by atoms with E-state index in [0.29, 0.717) is 6.04 Å². The van der Waals surface area contributed by atoms with Crippen molar-refractivity contribution in [2.45, 2.75) is 51.6 Å². The lowest BCUT2D eigenvalue weighted by Gasteiger charge is -2.37. The predicted molar refractivity (Wildman–Crippen MR) is 85.2 cm³/mol. The third kappa shape index (κ3) is 3.74. The topological polar surface area (TPSA) is 35.5 Å². The van der Waals surface area contributed by atoms with Crippen molar-refractivity contribution in [3.8, 4) is 0 Å². The fourth-order valence-corrected chi connectivity index (χ4v) is 3.33. The third-order valence-electron chi connectivity index (χ3n) is 4.27. The van der Waals surface area contributed by atoms with Crippen LogP contribution in [-0.4, -0.2) is 31.3 Å². The zero-order chi connectivity index (χ0) is 14.4. The van der Waals surface area contributed by atoms with Crippen LogP contribution in [0.15, 0.2) is 18.2 Å². The van der Waals surface area contributed by atoms with Crippen molar-refractivity contribution in [3.63, 3.8) is 0 Å². The molecule has 2 N–H and O–H groups in total. The van der Waals surface area contributed by atoms with Crippen LogP contribution in [0.3, 0.4) is 0 Å². The lowest BCUT2D eigenvalue weighted by Crippen LogP contribution is -2.39. The molecule has 20 heavy (non-hydrogen) atoms. The Hall–Kier alpha value is -1.06. The fourth-order valence-electron chi connectivity index (χ4n) is 3.33. The van der Waals surface area contributed by atoms with Gasteiger partial charge in [-0.15, -0.1) is 0 Å². The van der Waals surface area contributed by atoms with E-state index in [2.05, 4.69) is 35.3 Å². The van der Waals surface area contributed by atoms with E-state index in [4.69, 9.17) is 0 Å². The Balaban J connectivity index is 2.27. The monoisotopic (exact) mass is 276 g/mol. The van der Waals surface area contributed by atoms with Gasteiger partial charge in [0.1, 0.15) is 0 Å². The summed E-state index contributed by atoms with van der Waals surface area (Å²) in [4.78, 5) is 2.44. The average Bonchev–Trinajstić information content (AvgIpc) is 2.47. The number of anilines is 1. The maximum Gasteiger partial charge on any atom is 0.0606 e. The molecule has 1 aromatic carbocycles. The minimum absolute atomic E-state index is 0.226. The summed E-state index contributed by atoms with van der Waals surface area (Å²) in [6, 6.07) is 7.27. The highest BCUT2D eigenvalue weighted by molar-refractivity contribution is 5.56. The van der Waals surface area contributed by atoms with Crippen molar-refractivity contribution in [2.75, 3.05) is 25.1 Å². The molecule has 1 aliphatic rings. The number of hydrogen-bond donors (Lipinski definition) is 2. The highest BCUT2D eigenvalue weighted by Crippen LogP contribution is 2.30. The van der Waals surface area contributed by atoms with E-state index < -0.39 is 0 Å². The van der Waals surface area contributed by atoms with Crippen molar-refractivity contribution in [3.05, 3.63) is 29.3 Å². The van der Waals surface area contributed by atoms with Gasteiger partial charge in [-0.2, -0.15) is 0 Å². The SMILES string of the molecule is CNCc1cc(C)ccc1N(CCO)C1CCCCC1. The van der Waals surface area contributed by atoms with Crippen LogP contribution in [0.5, 0.6) is 0 Å². The van der Waals surface area contributed by atoms with Crippen LogP contribution in [-0.2, 0) is 6.54 Å². The first-order valence-electron chi connectivity index (χ1n) is 7.88. The first-order chi connectivity index (χ1) is 9.76. The van der Waals surface area contributed by atoms with E-state index in [0.717, 1.165) is 13.1 Å². The highest BCUT2D eigenvalue weighted by atomic mass is 16.3. The summed E-state index contributed by atoms with van der Waals surface area (Å²) in [5.74, 6) is 0. The molecule has 1 aromatic rings. The Morgan fingerprint density at radius 2 is 2.00 bits per heavy atom. The molecule has 1 aliphatic carbocycles. The van der Waals surface area contributed by atoms with Crippen LogP contribution in [0, 0.1) is 6.92 Å². The molecule has 0 bridgehead atoms. The molecule has 0 radical (unpaired) electrons. The van der Waals surface area contributed by atoms with E-state index in [-0.39, 0.29) is 6.61 Å². The average molecular weight is 276 g/mol. The van der Waals surface area contributed by atoms with Crippen molar-refractivity contribution in [1.29, 1.82) is 0 Å². The first-order valence-corrected chi connectivity index (χ1v) is 7.88. The largest absolute Gasteiger partial charge is 0.395 e. The molecule has 0 aliphatic heterocycles. The van der Waals surface area contributed by atoms with Crippen LogP contribution < -0.4 is 10.2 Å². The molecular formula is C17H28N2O. The first kappa shape index (κ1) is 15.3. The van der Waals surface area contributed by atoms with Crippen LogP contribution in [0.4, 0.5) is 5.69 Å². The standard InChI is InChI=1S/C17H28N2O/c1-14-8-9-17(15(12-14)13-18-2)19(10-11-20)16-6-4-3-5-7-16/h8-9,12,16,18,20H,3-7,10-11,13H2,1-2H3. The normalized spacial score (nSPS) is 16.4. The molecule has 0 unspecified atom stereocenters. The van der Waals surface area contributed by atoms with Crippen molar-refractivity contribution >= 4 is 5.69 Å². The number of aryl methyl sites for hydroxylation is 1. The smallest absolute Gasteiger partial charge is 0.0606 e. The Labute approximate surface area is 123 Å². The Morgan fingerprint density at radius 1 is 1.25 bits per heavy atom. The van der Waals surface area contributed by atoms with Gasteiger partial charge in [-0.3, -0.25) is 0 Å². The number of benzene rings is 1. The maximum atomic E-state index is 9.45. The second-order valence-corrected chi connectivity index (χ2v) is 5.87. The molecule has 3 nitrogen and oxygen atoms in total. The molecule has 0 aromatic heterocycles. The summed E-state index contributed by atoms with van der Waals surface area (Å²) < 4.78 is 0. The van der Waals surface area contributed by atoms with Gasteiger partial charge in [0.2, 0.25) is 0 Å². The van der Waals surface area contributed by atoms with Gasteiger partial charge in [0, 0.05) is 24.8 Å².